The van der Waals surface area contributed by atoms with E-state index in [0.717, 1.165) is 5.69 Å². The summed E-state index contributed by atoms with van der Waals surface area (Å²) < 4.78 is 5.04. The number of carbonyl (C=O) groups excluding carboxylic acids is 1. The SMILES string of the molecule is COc1cc(N/C=C\C(N)=NC(=O)C2(c3cnccn3)CC2)ccn1. The predicted octanol–water partition coefficient (Wildman–Crippen LogP) is 1.42. The minimum Gasteiger partial charge on any atom is -0.481 e. The first kappa shape index (κ1) is 16.6. The van der Waals surface area contributed by atoms with Gasteiger partial charge in [-0.25, -0.2) is 4.98 Å². The number of methoxy groups -OCH3 is 1. The zero-order chi connectivity index (χ0) is 17.7. The van der Waals surface area contributed by atoms with Crippen LogP contribution < -0.4 is 15.8 Å². The van der Waals surface area contributed by atoms with Crippen molar-refractivity contribution in [3.05, 3.63) is 54.9 Å². The maximum atomic E-state index is 12.4. The van der Waals surface area contributed by atoms with E-state index in [-0.39, 0.29) is 11.7 Å². The van der Waals surface area contributed by atoms with E-state index < -0.39 is 5.41 Å². The molecule has 1 saturated carbocycles. The molecule has 0 radical (unpaired) electrons. The fraction of sp³-hybridized carbons (Fsp3) is 0.235. The molecule has 0 aromatic carbocycles. The Kier molecular flexibility index (Phi) is 4.69. The van der Waals surface area contributed by atoms with Crippen LogP contribution in [0.1, 0.15) is 18.5 Å². The van der Waals surface area contributed by atoms with Crippen molar-refractivity contribution in [2.75, 3.05) is 12.4 Å². The minimum atomic E-state index is -0.668. The molecule has 3 rings (SSSR count). The van der Waals surface area contributed by atoms with Gasteiger partial charge in [0.2, 0.25) is 5.88 Å². The maximum absolute atomic E-state index is 12.4. The van der Waals surface area contributed by atoms with Crippen molar-refractivity contribution in [3.8, 4) is 5.88 Å². The zero-order valence-electron chi connectivity index (χ0n) is 13.7. The highest BCUT2D eigenvalue weighted by molar-refractivity contribution is 6.04. The second kappa shape index (κ2) is 7.08. The summed E-state index contributed by atoms with van der Waals surface area (Å²) in [6.07, 6.45) is 10.9. The van der Waals surface area contributed by atoms with E-state index in [1.807, 2.05) is 0 Å². The molecule has 0 saturated heterocycles. The van der Waals surface area contributed by atoms with Crippen LogP contribution in [0.25, 0.3) is 0 Å². The molecule has 1 amide bonds. The van der Waals surface area contributed by atoms with E-state index in [0.29, 0.717) is 24.4 Å². The second-order valence-electron chi connectivity index (χ2n) is 5.58. The fourth-order valence-electron chi connectivity index (χ4n) is 2.35. The third kappa shape index (κ3) is 3.79. The van der Waals surface area contributed by atoms with Gasteiger partial charge < -0.3 is 15.8 Å². The summed E-state index contributed by atoms with van der Waals surface area (Å²) >= 11 is 0. The summed E-state index contributed by atoms with van der Waals surface area (Å²) in [5, 5.41) is 3.01. The normalized spacial score (nSPS) is 15.8. The second-order valence-corrected chi connectivity index (χ2v) is 5.58. The smallest absolute Gasteiger partial charge is 0.259 e. The number of ether oxygens (including phenoxy) is 1. The van der Waals surface area contributed by atoms with Gasteiger partial charge >= 0.3 is 0 Å². The van der Waals surface area contributed by atoms with Gasteiger partial charge in [0.25, 0.3) is 5.91 Å². The number of aliphatic imine (C=N–C) groups is 1. The third-order valence-corrected chi connectivity index (χ3v) is 3.89. The quantitative estimate of drug-likeness (QED) is 0.604. The largest absolute Gasteiger partial charge is 0.481 e. The van der Waals surface area contributed by atoms with Crippen molar-refractivity contribution in [3.63, 3.8) is 0 Å². The van der Waals surface area contributed by atoms with Crippen LogP contribution in [0.2, 0.25) is 0 Å². The number of carbonyl (C=O) groups is 1. The molecule has 3 N–H and O–H groups in total. The molecule has 1 aliphatic carbocycles. The molecule has 0 atom stereocenters. The minimum absolute atomic E-state index is 0.119. The predicted molar refractivity (Wildman–Crippen MR) is 93.1 cm³/mol. The highest BCUT2D eigenvalue weighted by atomic mass is 16.5. The van der Waals surface area contributed by atoms with Crippen LogP contribution in [0.4, 0.5) is 5.69 Å². The molecule has 0 unspecified atom stereocenters. The Labute approximate surface area is 144 Å². The van der Waals surface area contributed by atoms with E-state index in [1.165, 1.54) is 6.08 Å². The summed E-state index contributed by atoms with van der Waals surface area (Å²) in [6, 6.07) is 3.51. The van der Waals surface area contributed by atoms with Gasteiger partial charge in [-0.3, -0.25) is 14.8 Å². The van der Waals surface area contributed by atoms with Gasteiger partial charge in [-0.15, -0.1) is 0 Å². The molecule has 1 aliphatic rings. The van der Waals surface area contributed by atoms with Crippen LogP contribution in [0.15, 0.2) is 54.2 Å². The van der Waals surface area contributed by atoms with Crippen molar-refractivity contribution in [1.29, 1.82) is 0 Å². The van der Waals surface area contributed by atoms with E-state index in [9.17, 15) is 4.79 Å². The first-order valence-electron chi connectivity index (χ1n) is 7.72. The standard InChI is InChI=1S/C17H18N6O2/c1-25-15-10-12(2-6-22-15)20-7-3-14(18)23-16(24)17(4-5-17)13-11-19-8-9-21-13/h2-3,6-11H,4-5H2,1H3,(H,20,22)(H2,18,23,24)/b7-3-. The molecule has 2 aromatic rings. The Morgan fingerprint density at radius 1 is 1.36 bits per heavy atom. The molecule has 1 fully saturated rings. The zero-order valence-corrected chi connectivity index (χ0v) is 13.7. The van der Waals surface area contributed by atoms with Crippen molar-refractivity contribution in [2.24, 2.45) is 10.7 Å². The average molecular weight is 338 g/mol. The molecule has 128 valence electrons. The molecule has 2 heterocycles. The molecule has 8 heteroatoms. The van der Waals surface area contributed by atoms with Crippen molar-refractivity contribution in [2.45, 2.75) is 18.3 Å². The number of rotatable bonds is 6. The van der Waals surface area contributed by atoms with Gasteiger partial charge in [-0.05, 0) is 25.0 Å². The van der Waals surface area contributed by atoms with Crippen LogP contribution in [0, 0.1) is 0 Å². The molecule has 0 bridgehead atoms. The van der Waals surface area contributed by atoms with Gasteiger partial charge in [0.05, 0.1) is 18.2 Å². The summed E-state index contributed by atoms with van der Waals surface area (Å²) in [6.45, 7) is 0. The van der Waals surface area contributed by atoms with E-state index in [4.69, 9.17) is 10.5 Å². The number of aromatic nitrogens is 3. The number of nitrogens with one attached hydrogen (secondary N) is 1. The van der Waals surface area contributed by atoms with Crippen molar-refractivity contribution in [1.82, 2.24) is 15.0 Å². The van der Waals surface area contributed by atoms with Crippen LogP contribution in [-0.4, -0.2) is 33.8 Å². The fourth-order valence-corrected chi connectivity index (χ4v) is 2.35. The molecule has 25 heavy (non-hydrogen) atoms. The monoisotopic (exact) mass is 338 g/mol. The van der Waals surface area contributed by atoms with Crippen molar-refractivity contribution < 1.29 is 9.53 Å². The topological polar surface area (TPSA) is 115 Å². The van der Waals surface area contributed by atoms with Gasteiger partial charge in [0, 0.05) is 42.7 Å². The lowest BCUT2D eigenvalue weighted by Gasteiger charge is -2.09. The molecule has 8 nitrogen and oxygen atoms in total. The number of anilines is 1. The van der Waals surface area contributed by atoms with Gasteiger partial charge in [-0.1, -0.05) is 0 Å². The molecule has 2 aromatic heterocycles. The summed E-state index contributed by atoms with van der Waals surface area (Å²) in [5.41, 5.74) is 6.58. The third-order valence-electron chi connectivity index (χ3n) is 3.89. The van der Waals surface area contributed by atoms with Crippen LogP contribution >= 0.6 is 0 Å². The molecule has 0 aliphatic heterocycles. The summed E-state index contributed by atoms with van der Waals surface area (Å²) in [7, 11) is 1.54. The Morgan fingerprint density at radius 3 is 2.88 bits per heavy atom. The Bertz CT molecular complexity index is 815. The molecular formula is C17H18N6O2. The highest BCUT2D eigenvalue weighted by Crippen LogP contribution is 2.48. The lowest BCUT2D eigenvalue weighted by molar-refractivity contribution is -0.120. The average Bonchev–Trinajstić information content (AvgIpc) is 3.45. The number of nitrogens with zero attached hydrogens (tertiary/aromatic N) is 4. The molecular weight excluding hydrogens is 320 g/mol. The number of pyridine rings is 1. The lowest BCUT2D eigenvalue weighted by Crippen LogP contribution is -2.23. The van der Waals surface area contributed by atoms with Gasteiger partial charge in [0.15, 0.2) is 0 Å². The van der Waals surface area contributed by atoms with Gasteiger partial charge in [0.1, 0.15) is 5.84 Å². The van der Waals surface area contributed by atoms with Crippen LogP contribution in [0.5, 0.6) is 5.88 Å². The van der Waals surface area contributed by atoms with E-state index >= 15 is 0 Å². The first-order chi connectivity index (χ1) is 12.1. The molecule has 0 spiro atoms. The summed E-state index contributed by atoms with van der Waals surface area (Å²) in [4.78, 5) is 28.7. The lowest BCUT2D eigenvalue weighted by atomic mass is 10.0. The Balaban J connectivity index is 1.64. The van der Waals surface area contributed by atoms with E-state index in [1.54, 1.807) is 50.2 Å². The van der Waals surface area contributed by atoms with E-state index in [2.05, 4.69) is 25.3 Å². The highest BCUT2D eigenvalue weighted by Gasteiger charge is 2.53. The van der Waals surface area contributed by atoms with Crippen LogP contribution in [0.3, 0.4) is 0 Å². The Hall–Kier alpha value is -3.29. The maximum Gasteiger partial charge on any atom is 0.259 e. The van der Waals surface area contributed by atoms with Crippen LogP contribution in [-0.2, 0) is 10.2 Å². The summed E-state index contributed by atoms with van der Waals surface area (Å²) in [5.74, 6) is 0.323. The van der Waals surface area contributed by atoms with Gasteiger partial charge in [-0.2, -0.15) is 4.99 Å². The number of nitrogens with two attached hydrogens (primary N) is 1. The number of amidine groups is 1. The van der Waals surface area contributed by atoms with Crippen molar-refractivity contribution >= 4 is 17.4 Å². The number of hydrogen-bond acceptors (Lipinski definition) is 6. The Morgan fingerprint density at radius 2 is 2.20 bits per heavy atom. The number of hydrogen-bond donors (Lipinski definition) is 2. The first-order valence-corrected chi connectivity index (χ1v) is 7.72. The number of amides is 1.